The Hall–Kier alpha value is -1.36. The fourth-order valence-electron chi connectivity index (χ4n) is 1.46. The van der Waals surface area contributed by atoms with Crippen LogP contribution in [0.25, 0.3) is 0 Å². The molecular formula is C9H13N3O2. The van der Waals surface area contributed by atoms with E-state index >= 15 is 0 Å². The van der Waals surface area contributed by atoms with Crippen molar-refractivity contribution in [1.29, 1.82) is 0 Å². The molecule has 0 saturated carbocycles. The number of carbonyl (C=O) groups excluding carboxylic acids is 1. The van der Waals surface area contributed by atoms with Crippen LogP contribution < -0.4 is 10.6 Å². The largest absolute Gasteiger partial charge is 0.428 e. The van der Waals surface area contributed by atoms with Crippen LogP contribution in [-0.2, 0) is 4.79 Å². The standard InChI is InChI=1S/C9H13N3O2/c1-5-6(2)14-9(11-5)12-4-3-7(10)8(12)13/h7H,3-4,10H2,1-2H3. The van der Waals surface area contributed by atoms with E-state index in [9.17, 15) is 4.79 Å². The summed E-state index contributed by atoms with van der Waals surface area (Å²) >= 11 is 0. The zero-order valence-corrected chi connectivity index (χ0v) is 8.28. The molecule has 5 heteroatoms. The molecule has 1 fully saturated rings. The first-order valence-electron chi connectivity index (χ1n) is 4.60. The lowest BCUT2D eigenvalue weighted by Gasteiger charge is -2.09. The summed E-state index contributed by atoms with van der Waals surface area (Å²) in [4.78, 5) is 17.2. The van der Waals surface area contributed by atoms with Gasteiger partial charge in [-0.25, -0.2) is 0 Å². The Morgan fingerprint density at radius 3 is 2.71 bits per heavy atom. The van der Waals surface area contributed by atoms with Crippen LogP contribution in [0.5, 0.6) is 0 Å². The molecule has 0 spiro atoms. The maximum absolute atomic E-state index is 11.5. The summed E-state index contributed by atoms with van der Waals surface area (Å²) < 4.78 is 5.36. The van der Waals surface area contributed by atoms with E-state index < -0.39 is 6.04 Å². The third kappa shape index (κ3) is 1.29. The van der Waals surface area contributed by atoms with Gasteiger partial charge in [0.1, 0.15) is 5.76 Å². The zero-order chi connectivity index (χ0) is 10.3. The zero-order valence-electron chi connectivity index (χ0n) is 8.28. The van der Waals surface area contributed by atoms with Gasteiger partial charge in [0.2, 0.25) is 5.91 Å². The number of carbonyl (C=O) groups is 1. The second-order valence-electron chi connectivity index (χ2n) is 3.52. The maximum atomic E-state index is 11.5. The number of oxazole rings is 1. The minimum atomic E-state index is -0.400. The number of aromatic nitrogens is 1. The lowest BCUT2D eigenvalue weighted by atomic mass is 10.3. The molecule has 2 rings (SSSR count). The molecule has 1 aliphatic heterocycles. The number of nitrogens with two attached hydrogens (primary N) is 1. The van der Waals surface area contributed by atoms with Gasteiger partial charge in [-0.05, 0) is 20.3 Å². The van der Waals surface area contributed by atoms with Crippen LogP contribution in [0, 0.1) is 13.8 Å². The summed E-state index contributed by atoms with van der Waals surface area (Å²) in [5.74, 6) is 0.638. The Kier molecular flexibility index (Phi) is 2.03. The molecular weight excluding hydrogens is 182 g/mol. The second-order valence-corrected chi connectivity index (χ2v) is 3.52. The Balaban J connectivity index is 2.28. The molecule has 1 atom stereocenters. The SMILES string of the molecule is Cc1nc(N2CCC(N)C2=O)oc1C. The van der Waals surface area contributed by atoms with E-state index in [4.69, 9.17) is 10.2 Å². The molecule has 2 heterocycles. The van der Waals surface area contributed by atoms with Crippen LogP contribution in [0.15, 0.2) is 4.42 Å². The molecule has 1 amide bonds. The summed E-state index contributed by atoms with van der Waals surface area (Å²) in [6, 6.07) is -0.0273. The molecule has 1 aliphatic rings. The number of aryl methyl sites for hydroxylation is 2. The molecule has 1 saturated heterocycles. The number of nitrogens with zero attached hydrogens (tertiary/aromatic N) is 2. The van der Waals surface area contributed by atoms with E-state index in [1.807, 2.05) is 13.8 Å². The topological polar surface area (TPSA) is 72.4 Å². The predicted octanol–water partition coefficient (Wildman–Crippen LogP) is 0.355. The highest BCUT2D eigenvalue weighted by Gasteiger charge is 2.32. The minimum absolute atomic E-state index is 0.105. The van der Waals surface area contributed by atoms with Gasteiger partial charge in [-0.15, -0.1) is 0 Å². The number of rotatable bonds is 1. The fourth-order valence-corrected chi connectivity index (χ4v) is 1.46. The van der Waals surface area contributed by atoms with Crippen molar-refractivity contribution in [2.45, 2.75) is 26.3 Å². The summed E-state index contributed by atoms with van der Waals surface area (Å²) in [5, 5.41) is 0. The first kappa shape index (κ1) is 9.21. The van der Waals surface area contributed by atoms with Crippen molar-refractivity contribution >= 4 is 11.9 Å². The summed E-state index contributed by atoms with van der Waals surface area (Å²) in [7, 11) is 0. The third-order valence-electron chi connectivity index (χ3n) is 2.50. The Morgan fingerprint density at radius 1 is 1.57 bits per heavy atom. The molecule has 5 nitrogen and oxygen atoms in total. The van der Waals surface area contributed by atoms with Crippen molar-refractivity contribution in [3.8, 4) is 0 Å². The van der Waals surface area contributed by atoms with Crippen LogP contribution in [0.3, 0.4) is 0 Å². The van der Waals surface area contributed by atoms with Gasteiger partial charge < -0.3 is 10.2 Å². The van der Waals surface area contributed by atoms with Crippen LogP contribution >= 0.6 is 0 Å². The molecule has 0 aromatic carbocycles. The smallest absolute Gasteiger partial charge is 0.304 e. The predicted molar refractivity (Wildman–Crippen MR) is 50.9 cm³/mol. The Labute approximate surface area is 81.9 Å². The van der Waals surface area contributed by atoms with Gasteiger partial charge in [0, 0.05) is 6.54 Å². The first-order chi connectivity index (χ1) is 6.59. The van der Waals surface area contributed by atoms with Crippen molar-refractivity contribution in [1.82, 2.24) is 4.98 Å². The fraction of sp³-hybridized carbons (Fsp3) is 0.556. The number of hydrogen-bond acceptors (Lipinski definition) is 4. The van der Waals surface area contributed by atoms with E-state index in [1.165, 1.54) is 4.90 Å². The summed E-state index contributed by atoms with van der Waals surface area (Å²) in [6.07, 6.45) is 0.666. The third-order valence-corrected chi connectivity index (χ3v) is 2.50. The van der Waals surface area contributed by atoms with Crippen molar-refractivity contribution in [2.75, 3.05) is 11.4 Å². The van der Waals surface area contributed by atoms with E-state index in [1.54, 1.807) is 0 Å². The maximum Gasteiger partial charge on any atom is 0.304 e. The summed E-state index contributed by atoms with van der Waals surface area (Å²) in [5.41, 5.74) is 6.40. The molecule has 0 bridgehead atoms. The average molecular weight is 195 g/mol. The minimum Gasteiger partial charge on any atom is -0.428 e. The van der Waals surface area contributed by atoms with Gasteiger partial charge in [0.25, 0.3) is 0 Å². The molecule has 1 aromatic rings. The highest BCUT2D eigenvalue weighted by atomic mass is 16.4. The number of anilines is 1. The van der Waals surface area contributed by atoms with E-state index in [2.05, 4.69) is 4.98 Å². The quantitative estimate of drug-likeness (QED) is 0.702. The molecule has 0 radical (unpaired) electrons. The lowest BCUT2D eigenvalue weighted by Crippen LogP contribution is -2.34. The molecule has 1 unspecified atom stereocenters. The number of hydrogen-bond donors (Lipinski definition) is 1. The van der Waals surface area contributed by atoms with Crippen molar-refractivity contribution in [2.24, 2.45) is 5.73 Å². The van der Waals surface area contributed by atoms with Gasteiger partial charge in [-0.2, -0.15) is 4.98 Å². The molecule has 76 valence electrons. The first-order valence-corrected chi connectivity index (χ1v) is 4.60. The lowest BCUT2D eigenvalue weighted by molar-refractivity contribution is -0.118. The number of amides is 1. The van der Waals surface area contributed by atoms with Gasteiger partial charge >= 0.3 is 6.01 Å². The van der Waals surface area contributed by atoms with Crippen molar-refractivity contribution in [3.63, 3.8) is 0 Å². The molecule has 1 aromatic heterocycles. The van der Waals surface area contributed by atoms with Crippen LogP contribution in [-0.4, -0.2) is 23.5 Å². The highest BCUT2D eigenvalue weighted by molar-refractivity contribution is 5.97. The van der Waals surface area contributed by atoms with Crippen LogP contribution in [0.4, 0.5) is 6.01 Å². The van der Waals surface area contributed by atoms with Crippen molar-refractivity contribution < 1.29 is 9.21 Å². The van der Waals surface area contributed by atoms with E-state index in [0.717, 1.165) is 11.5 Å². The van der Waals surface area contributed by atoms with Crippen LogP contribution in [0.1, 0.15) is 17.9 Å². The van der Waals surface area contributed by atoms with Gasteiger partial charge in [-0.1, -0.05) is 0 Å². The molecule has 14 heavy (non-hydrogen) atoms. The van der Waals surface area contributed by atoms with Gasteiger partial charge in [0.15, 0.2) is 0 Å². The van der Waals surface area contributed by atoms with Gasteiger partial charge in [0.05, 0.1) is 11.7 Å². The van der Waals surface area contributed by atoms with E-state index in [-0.39, 0.29) is 5.91 Å². The molecule has 2 N–H and O–H groups in total. The highest BCUT2D eigenvalue weighted by Crippen LogP contribution is 2.22. The van der Waals surface area contributed by atoms with E-state index in [0.29, 0.717) is 19.0 Å². The van der Waals surface area contributed by atoms with Gasteiger partial charge in [-0.3, -0.25) is 9.69 Å². The summed E-state index contributed by atoms with van der Waals surface area (Å²) in [6.45, 7) is 4.27. The Morgan fingerprint density at radius 2 is 2.29 bits per heavy atom. The Bertz CT molecular complexity index is 353. The normalized spacial score (nSPS) is 22.1. The molecule has 0 aliphatic carbocycles. The van der Waals surface area contributed by atoms with Crippen molar-refractivity contribution in [3.05, 3.63) is 11.5 Å². The monoisotopic (exact) mass is 195 g/mol. The van der Waals surface area contributed by atoms with Crippen LogP contribution in [0.2, 0.25) is 0 Å². The second kappa shape index (κ2) is 3.09. The average Bonchev–Trinajstić information content (AvgIpc) is 2.61.